The molecule has 0 fully saturated rings. The fourth-order valence-corrected chi connectivity index (χ4v) is 4.76. The fraction of sp³-hybridized carbons (Fsp3) is 0.433. The molecule has 0 spiro atoms. The van der Waals surface area contributed by atoms with Crippen molar-refractivity contribution in [2.24, 2.45) is 5.92 Å². The van der Waals surface area contributed by atoms with Crippen LogP contribution in [0.5, 0.6) is 0 Å². The zero-order valence-electron chi connectivity index (χ0n) is 21.4. The Morgan fingerprint density at radius 3 is 2.54 bits per heavy atom. The molecule has 1 N–H and O–H groups in total. The minimum atomic E-state index is -0.341. The Kier molecular flexibility index (Phi) is 11.7. The second-order valence-corrected chi connectivity index (χ2v) is 9.83. The molecule has 0 aliphatic heterocycles. The summed E-state index contributed by atoms with van der Waals surface area (Å²) >= 11 is 6.16. The molecule has 1 amide bonds. The van der Waals surface area contributed by atoms with Crippen molar-refractivity contribution in [1.29, 1.82) is 0 Å². The number of hydrogen-bond acceptors (Lipinski definition) is 5. The number of carbonyl (C=O) groups is 3. The lowest BCUT2D eigenvalue weighted by molar-refractivity contribution is -0.146. The molecule has 1 aliphatic carbocycles. The Morgan fingerprint density at radius 1 is 1.03 bits per heavy atom. The van der Waals surface area contributed by atoms with Crippen molar-refractivity contribution >= 4 is 35.0 Å². The molecular formula is C30H36ClNO5. The summed E-state index contributed by atoms with van der Waals surface area (Å²) in [6.45, 7) is 2.28. The van der Waals surface area contributed by atoms with Crippen LogP contribution in [-0.2, 0) is 30.5 Å². The van der Waals surface area contributed by atoms with Gasteiger partial charge in [-0.25, -0.2) is 0 Å². The topological polar surface area (TPSA) is 81.7 Å². The van der Waals surface area contributed by atoms with Crippen LogP contribution in [0, 0.1) is 5.92 Å². The number of ether oxygens (including phenoxy) is 2. The van der Waals surface area contributed by atoms with Gasteiger partial charge in [0.25, 0.3) is 0 Å². The van der Waals surface area contributed by atoms with Crippen LogP contribution in [0.15, 0.2) is 60.7 Å². The zero-order chi connectivity index (χ0) is 26.5. The maximum absolute atomic E-state index is 12.6. The van der Waals surface area contributed by atoms with Crippen LogP contribution in [-0.4, -0.2) is 30.5 Å². The smallest absolute Gasteiger partial charge is 0.308 e. The molecule has 0 heterocycles. The van der Waals surface area contributed by atoms with E-state index in [0.29, 0.717) is 25.4 Å². The lowest BCUT2D eigenvalue weighted by Crippen LogP contribution is -2.38. The summed E-state index contributed by atoms with van der Waals surface area (Å²) in [5, 5.41) is 3.74. The van der Waals surface area contributed by atoms with Gasteiger partial charge < -0.3 is 14.8 Å². The summed E-state index contributed by atoms with van der Waals surface area (Å²) in [5.74, 6) is -0.474. The van der Waals surface area contributed by atoms with Gasteiger partial charge in [0.15, 0.2) is 0 Å². The van der Waals surface area contributed by atoms with Crippen LogP contribution in [0.1, 0.15) is 69.4 Å². The van der Waals surface area contributed by atoms with Crippen molar-refractivity contribution in [2.75, 3.05) is 6.61 Å². The third kappa shape index (κ3) is 10.4. The van der Waals surface area contributed by atoms with E-state index in [0.717, 1.165) is 35.4 Å². The van der Waals surface area contributed by atoms with Gasteiger partial charge in [-0.15, -0.1) is 0 Å². The van der Waals surface area contributed by atoms with Crippen molar-refractivity contribution in [3.63, 3.8) is 0 Å². The molecule has 0 bridgehead atoms. The number of benzene rings is 2. The molecule has 3 rings (SSSR count). The van der Waals surface area contributed by atoms with E-state index in [1.54, 1.807) is 6.92 Å². The largest absolute Gasteiger partial charge is 0.466 e. The van der Waals surface area contributed by atoms with Gasteiger partial charge >= 0.3 is 11.9 Å². The van der Waals surface area contributed by atoms with E-state index in [-0.39, 0.29) is 49.8 Å². The van der Waals surface area contributed by atoms with Gasteiger partial charge in [-0.3, -0.25) is 14.4 Å². The minimum absolute atomic E-state index is 0.109. The van der Waals surface area contributed by atoms with E-state index in [9.17, 15) is 14.4 Å². The fourth-order valence-electron chi connectivity index (χ4n) is 4.57. The SMILES string of the molecule is CCOC(=O)CCCC(=O)N[C@@H](CC(=O)OCc1ccccc1)CC1CC=C(c2cccc(Cl)c2)CC1. The second-order valence-electron chi connectivity index (χ2n) is 9.39. The van der Waals surface area contributed by atoms with Gasteiger partial charge in [0.1, 0.15) is 6.61 Å². The van der Waals surface area contributed by atoms with Crippen LogP contribution in [0.25, 0.3) is 5.57 Å². The standard InChI is InChI=1S/C30H36ClNO5/c1-2-36-29(34)13-7-12-28(33)32-27(20-30(35)37-21-23-8-4-3-5-9-23)18-22-14-16-24(17-15-22)25-10-6-11-26(31)19-25/h3-6,8-11,16,19,22,27H,2,7,12-15,17-18,20-21H2,1H3,(H,32,33)/t22?,27-/m1/s1. The van der Waals surface area contributed by atoms with Crippen molar-refractivity contribution in [2.45, 2.75) is 70.9 Å². The molecule has 0 radical (unpaired) electrons. The molecule has 0 saturated heterocycles. The number of nitrogens with one attached hydrogen (secondary N) is 1. The van der Waals surface area contributed by atoms with Gasteiger partial charge in [-0.05, 0) is 73.8 Å². The summed E-state index contributed by atoms with van der Waals surface area (Å²) in [6.07, 6.45) is 6.60. The Morgan fingerprint density at radius 2 is 1.84 bits per heavy atom. The van der Waals surface area contributed by atoms with E-state index in [1.807, 2.05) is 48.5 Å². The number of esters is 2. The summed E-state index contributed by atoms with van der Waals surface area (Å²) in [7, 11) is 0. The summed E-state index contributed by atoms with van der Waals surface area (Å²) < 4.78 is 10.4. The maximum Gasteiger partial charge on any atom is 0.308 e. The van der Waals surface area contributed by atoms with Crippen molar-refractivity contribution < 1.29 is 23.9 Å². The Balaban J connectivity index is 1.55. The molecule has 2 atom stereocenters. The quantitative estimate of drug-likeness (QED) is 0.312. The van der Waals surface area contributed by atoms with Crippen LogP contribution >= 0.6 is 11.6 Å². The Bertz CT molecular complexity index is 1070. The summed E-state index contributed by atoms with van der Waals surface area (Å²) in [5.41, 5.74) is 3.34. The van der Waals surface area contributed by atoms with E-state index in [1.165, 1.54) is 5.57 Å². The Labute approximate surface area is 224 Å². The number of carbonyl (C=O) groups excluding carboxylic acids is 3. The monoisotopic (exact) mass is 525 g/mol. The van der Waals surface area contributed by atoms with Crippen LogP contribution in [0.4, 0.5) is 0 Å². The highest BCUT2D eigenvalue weighted by Gasteiger charge is 2.24. The van der Waals surface area contributed by atoms with Crippen LogP contribution in [0.3, 0.4) is 0 Å². The molecule has 0 saturated carbocycles. The zero-order valence-corrected chi connectivity index (χ0v) is 22.2. The summed E-state index contributed by atoms with van der Waals surface area (Å²) in [4.78, 5) is 36.8. The molecule has 0 aromatic heterocycles. The molecule has 37 heavy (non-hydrogen) atoms. The van der Waals surface area contributed by atoms with E-state index >= 15 is 0 Å². The first kappa shape index (κ1) is 28.5. The average Bonchev–Trinajstić information content (AvgIpc) is 2.88. The first-order valence-corrected chi connectivity index (χ1v) is 13.4. The molecule has 198 valence electrons. The second kappa shape index (κ2) is 15.2. The number of amides is 1. The van der Waals surface area contributed by atoms with Gasteiger partial charge in [0.05, 0.1) is 13.0 Å². The lowest BCUT2D eigenvalue weighted by atomic mass is 9.82. The normalized spacial score (nSPS) is 15.8. The third-order valence-electron chi connectivity index (χ3n) is 6.44. The van der Waals surface area contributed by atoms with E-state index in [4.69, 9.17) is 21.1 Å². The average molecular weight is 526 g/mol. The molecule has 1 aliphatic rings. The molecule has 2 aromatic carbocycles. The molecule has 2 aromatic rings. The lowest BCUT2D eigenvalue weighted by Gasteiger charge is -2.27. The van der Waals surface area contributed by atoms with Gasteiger partial charge in [-0.1, -0.05) is 60.1 Å². The first-order valence-electron chi connectivity index (χ1n) is 13.0. The summed E-state index contributed by atoms with van der Waals surface area (Å²) in [6, 6.07) is 17.1. The minimum Gasteiger partial charge on any atom is -0.466 e. The number of halogens is 1. The third-order valence-corrected chi connectivity index (χ3v) is 6.68. The first-order chi connectivity index (χ1) is 17.9. The highest BCUT2D eigenvalue weighted by Crippen LogP contribution is 2.33. The van der Waals surface area contributed by atoms with E-state index < -0.39 is 0 Å². The number of rotatable bonds is 13. The highest BCUT2D eigenvalue weighted by molar-refractivity contribution is 6.30. The van der Waals surface area contributed by atoms with Gasteiger partial charge in [-0.2, -0.15) is 0 Å². The highest BCUT2D eigenvalue weighted by atomic mass is 35.5. The number of hydrogen-bond donors (Lipinski definition) is 1. The molecule has 7 heteroatoms. The molecule has 6 nitrogen and oxygen atoms in total. The van der Waals surface area contributed by atoms with Gasteiger partial charge in [0.2, 0.25) is 5.91 Å². The van der Waals surface area contributed by atoms with Crippen molar-refractivity contribution in [3.8, 4) is 0 Å². The van der Waals surface area contributed by atoms with Crippen LogP contribution in [0.2, 0.25) is 5.02 Å². The predicted molar refractivity (Wildman–Crippen MR) is 145 cm³/mol. The molecular weight excluding hydrogens is 490 g/mol. The predicted octanol–water partition coefficient (Wildman–Crippen LogP) is 6.27. The Hall–Kier alpha value is -3.12. The van der Waals surface area contributed by atoms with Gasteiger partial charge in [0, 0.05) is 23.9 Å². The molecule has 1 unspecified atom stereocenters. The van der Waals surface area contributed by atoms with Crippen LogP contribution < -0.4 is 5.32 Å². The van der Waals surface area contributed by atoms with E-state index in [2.05, 4.69) is 17.5 Å². The maximum atomic E-state index is 12.6. The van der Waals surface area contributed by atoms with Crippen molar-refractivity contribution in [3.05, 3.63) is 76.8 Å². The van der Waals surface area contributed by atoms with Crippen molar-refractivity contribution in [1.82, 2.24) is 5.32 Å². The number of allylic oxidation sites excluding steroid dienone is 2.